The highest BCUT2D eigenvalue weighted by atomic mass is 35.5. The van der Waals surface area contributed by atoms with Gasteiger partial charge in [0.1, 0.15) is 10.4 Å². The molecular weight excluding hydrogens is 253 g/mol. The molecule has 1 unspecified atom stereocenters. The molecule has 84 valence electrons. The normalized spacial score (nSPS) is 13.7. The molecule has 0 aliphatic carbocycles. The van der Waals surface area contributed by atoms with Crippen LogP contribution in [0.25, 0.3) is 0 Å². The number of hydrogen-bond acceptors (Lipinski definition) is 2. The molecule has 15 heavy (non-hydrogen) atoms. The van der Waals surface area contributed by atoms with Crippen LogP contribution in [-0.4, -0.2) is 9.30 Å². The van der Waals surface area contributed by atoms with Gasteiger partial charge in [-0.1, -0.05) is 23.2 Å². The van der Waals surface area contributed by atoms with Crippen LogP contribution in [0.4, 0.5) is 5.69 Å². The fourth-order valence-corrected chi connectivity index (χ4v) is 1.90. The molecule has 0 heterocycles. The van der Waals surface area contributed by atoms with E-state index in [1.165, 1.54) is 0 Å². The van der Waals surface area contributed by atoms with Crippen molar-refractivity contribution in [1.82, 2.24) is 0 Å². The Labute approximate surface area is 103 Å². The second kappa shape index (κ2) is 4.83. The molecule has 0 spiro atoms. The van der Waals surface area contributed by atoms with E-state index >= 15 is 0 Å². The lowest BCUT2D eigenvalue weighted by atomic mass is 10.3. The van der Waals surface area contributed by atoms with Gasteiger partial charge in [-0.25, -0.2) is 4.72 Å². The van der Waals surface area contributed by atoms with Crippen LogP contribution in [-0.2, 0) is 11.4 Å². The Kier molecular flexibility index (Phi) is 4.18. The van der Waals surface area contributed by atoms with Gasteiger partial charge in [-0.2, -0.15) is 0 Å². The number of anilines is 1. The molecule has 0 aliphatic heterocycles. The lowest BCUT2D eigenvalue weighted by Crippen LogP contribution is -2.33. The van der Waals surface area contributed by atoms with Crippen molar-refractivity contribution < 1.29 is 4.55 Å². The number of halogens is 2. The summed E-state index contributed by atoms with van der Waals surface area (Å²) in [5.74, 6) is 0. The zero-order valence-corrected chi connectivity index (χ0v) is 11.1. The maximum atomic E-state index is 11.8. The van der Waals surface area contributed by atoms with Gasteiger partial charge in [0.15, 0.2) is 0 Å². The first-order chi connectivity index (χ1) is 6.80. The minimum atomic E-state index is -1.20. The molecule has 2 nitrogen and oxygen atoms in total. The van der Waals surface area contributed by atoms with Gasteiger partial charge in [0.25, 0.3) is 0 Å². The molecular formula is C10H13Cl2NOS. The Morgan fingerprint density at radius 2 is 1.87 bits per heavy atom. The van der Waals surface area contributed by atoms with E-state index in [2.05, 4.69) is 4.72 Å². The van der Waals surface area contributed by atoms with E-state index in [4.69, 9.17) is 23.2 Å². The molecule has 0 bridgehead atoms. The predicted octanol–water partition coefficient (Wildman–Crippen LogP) is 3.87. The molecule has 1 aromatic rings. The molecule has 0 saturated heterocycles. The summed E-state index contributed by atoms with van der Waals surface area (Å²) in [7, 11) is 0. The van der Waals surface area contributed by atoms with Crippen LogP contribution >= 0.6 is 23.2 Å². The van der Waals surface area contributed by atoms with Gasteiger partial charge in [0.05, 0.1) is 16.4 Å². The van der Waals surface area contributed by atoms with Gasteiger partial charge >= 0.3 is 0 Å². The van der Waals surface area contributed by atoms with Crippen molar-refractivity contribution in [3.63, 3.8) is 0 Å². The SMILES string of the molecule is CC(C)(C)[S+]([O-])Nc1cc(Cl)ccc1Cl. The van der Waals surface area contributed by atoms with Crippen molar-refractivity contribution >= 4 is 40.3 Å². The minimum Gasteiger partial charge on any atom is -0.593 e. The molecule has 0 saturated carbocycles. The van der Waals surface area contributed by atoms with E-state index in [1.54, 1.807) is 18.2 Å². The standard InChI is InChI=1S/C10H13Cl2NOS/c1-10(2,3)15(14)13-9-6-7(11)4-5-8(9)12/h4-6,13H,1-3H3. The summed E-state index contributed by atoms with van der Waals surface area (Å²) in [5.41, 5.74) is 0.595. The van der Waals surface area contributed by atoms with Crippen molar-refractivity contribution in [1.29, 1.82) is 0 Å². The Morgan fingerprint density at radius 3 is 2.40 bits per heavy atom. The third kappa shape index (κ3) is 3.76. The molecule has 1 aromatic carbocycles. The van der Waals surface area contributed by atoms with E-state index in [9.17, 15) is 4.55 Å². The first-order valence-corrected chi connectivity index (χ1v) is 6.35. The van der Waals surface area contributed by atoms with Gasteiger partial charge in [-0.05, 0) is 39.0 Å². The van der Waals surface area contributed by atoms with Crippen molar-refractivity contribution in [2.24, 2.45) is 0 Å². The third-order valence-electron chi connectivity index (χ3n) is 1.69. The van der Waals surface area contributed by atoms with Gasteiger partial charge in [-0.15, -0.1) is 0 Å². The molecule has 5 heteroatoms. The first-order valence-electron chi connectivity index (χ1n) is 4.44. The zero-order chi connectivity index (χ0) is 11.6. The Morgan fingerprint density at radius 1 is 1.27 bits per heavy atom. The lowest BCUT2D eigenvalue weighted by molar-refractivity contribution is 0.565. The summed E-state index contributed by atoms with van der Waals surface area (Å²) in [6.07, 6.45) is 0. The van der Waals surface area contributed by atoms with E-state index in [0.717, 1.165) is 0 Å². The highest BCUT2D eigenvalue weighted by molar-refractivity contribution is 7.94. The fraction of sp³-hybridized carbons (Fsp3) is 0.400. The van der Waals surface area contributed by atoms with E-state index in [0.29, 0.717) is 15.7 Å². The topological polar surface area (TPSA) is 35.1 Å². The van der Waals surface area contributed by atoms with Gasteiger partial charge < -0.3 is 4.55 Å². The quantitative estimate of drug-likeness (QED) is 0.825. The van der Waals surface area contributed by atoms with Crippen LogP contribution in [0.1, 0.15) is 20.8 Å². The molecule has 0 fully saturated rings. The van der Waals surface area contributed by atoms with Crippen molar-refractivity contribution in [2.75, 3.05) is 4.72 Å². The summed E-state index contributed by atoms with van der Waals surface area (Å²) in [5, 5.41) is 1.07. The summed E-state index contributed by atoms with van der Waals surface area (Å²) < 4.78 is 14.3. The number of benzene rings is 1. The highest BCUT2D eigenvalue weighted by Crippen LogP contribution is 2.28. The van der Waals surface area contributed by atoms with E-state index < -0.39 is 11.4 Å². The van der Waals surface area contributed by atoms with E-state index in [-0.39, 0.29) is 4.75 Å². The van der Waals surface area contributed by atoms with Crippen LogP contribution in [0.3, 0.4) is 0 Å². The summed E-state index contributed by atoms with van der Waals surface area (Å²) in [6, 6.07) is 5.02. The van der Waals surface area contributed by atoms with Crippen molar-refractivity contribution in [2.45, 2.75) is 25.5 Å². The largest absolute Gasteiger partial charge is 0.593 e. The highest BCUT2D eigenvalue weighted by Gasteiger charge is 2.27. The molecule has 1 atom stereocenters. The van der Waals surface area contributed by atoms with Crippen molar-refractivity contribution in [3.8, 4) is 0 Å². The third-order valence-corrected chi connectivity index (χ3v) is 3.77. The first kappa shape index (κ1) is 13.0. The number of hydrogen-bond donors (Lipinski definition) is 1. The Hall–Kier alpha value is -0.0900. The van der Waals surface area contributed by atoms with Crippen LogP contribution in [0, 0.1) is 0 Å². The van der Waals surface area contributed by atoms with Gasteiger partial charge in [0, 0.05) is 5.02 Å². The molecule has 1 rings (SSSR count). The number of rotatable bonds is 2. The molecule has 0 radical (unpaired) electrons. The second-order valence-electron chi connectivity index (χ2n) is 4.11. The minimum absolute atomic E-state index is 0.342. The maximum Gasteiger partial charge on any atom is 0.142 e. The van der Waals surface area contributed by atoms with Crippen LogP contribution in [0.5, 0.6) is 0 Å². The van der Waals surface area contributed by atoms with Crippen LogP contribution in [0.2, 0.25) is 10.0 Å². The Bertz CT molecular complexity index is 352. The fourth-order valence-electron chi connectivity index (χ4n) is 0.829. The lowest BCUT2D eigenvalue weighted by Gasteiger charge is -2.24. The molecule has 0 aromatic heterocycles. The zero-order valence-electron chi connectivity index (χ0n) is 8.80. The second-order valence-corrected chi connectivity index (χ2v) is 6.92. The monoisotopic (exact) mass is 265 g/mol. The summed E-state index contributed by atoms with van der Waals surface area (Å²) in [6.45, 7) is 5.65. The smallest absolute Gasteiger partial charge is 0.142 e. The number of nitrogens with one attached hydrogen (secondary N) is 1. The van der Waals surface area contributed by atoms with Crippen LogP contribution in [0.15, 0.2) is 18.2 Å². The average Bonchev–Trinajstić information content (AvgIpc) is 2.09. The summed E-state index contributed by atoms with van der Waals surface area (Å²) >= 11 is 10.6. The van der Waals surface area contributed by atoms with Crippen LogP contribution < -0.4 is 4.72 Å². The van der Waals surface area contributed by atoms with Gasteiger partial charge in [-0.3, -0.25) is 0 Å². The summed E-state index contributed by atoms with van der Waals surface area (Å²) in [4.78, 5) is 0. The van der Waals surface area contributed by atoms with Gasteiger partial charge in [0.2, 0.25) is 0 Å². The maximum absolute atomic E-state index is 11.8. The predicted molar refractivity (Wildman–Crippen MR) is 68.0 cm³/mol. The molecule has 0 amide bonds. The molecule has 0 aliphatic rings. The van der Waals surface area contributed by atoms with Crippen molar-refractivity contribution in [3.05, 3.63) is 28.2 Å². The average molecular weight is 266 g/mol. The van der Waals surface area contributed by atoms with E-state index in [1.807, 2.05) is 20.8 Å². The Balaban J connectivity index is 2.85. The molecule has 1 N–H and O–H groups in total.